The molecule has 152 valence electrons. The van der Waals surface area contributed by atoms with Gasteiger partial charge in [0.2, 0.25) is 0 Å². The third-order valence-corrected chi connectivity index (χ3v) is 6.12. The van der Waals surface area contributed by atoms with Gasteiger partial charge >= 0.3 is 0 Å². The Balaban J connectivity index is 0.00000261. The maximum absolute atomic E-state index is 10.9. The first-order valence-electron chi connectivity index (χ1n) is 10.4. The number of allylic oxidation sites excluding steroid dienone is 1. The van der Waals surface area contributed by atoms with Crippen molar-refractivity contribution >= 4 is 12.4 Å². The Kier molecular flexibility index (Phi) is 7.64. The molecule has 2 N–H and O–H groups in total. The molecule has 1 aromatic rings. The van der Waals surface area contributed by atoms with Gasteiger partial charge in [-0.15, -0.1) is 12.4 Å². The Morgan fingerprint density at radius 3 is 2.70 bits per heavy atom. The second-order valence-electron chi connectivity index (χ2n) is 8.48. The highest BCUT2D eigenvalue weighted by Crippen LogP contribution is 2.54. The summed E-state index contributed by atoms with van der Waals surface area (Å²) in [7, 11) is 0. The first kappa shape index (κ1) is 22.1. The van der Waals surface area contributed by atoms with Crippen molar-refractivity contribution in [2.75, 3.05) is 13.1 Å². The topological polar surface area (TPSA) is 41.5 Å². The van der Waals surface area contributed by atoms with Crippen LogP contribution in [-0.2, 0) is 6.42 Å². The zero-order valence-electron chi connectivity index (χ0n) is 17.3. The molecule has 27 heavy (non-hydrogen) atoms. The molecular weight excluding hydrogens is 358 g/mol. The van der Waals surface area contributed by atoms with Crippen LogP contribution in [0.4, 0.5) is 0 Å². The van der Waals surface area contributed by atoms with Crippen LogP contribution in [0, 0.1) is 5.92 Å². The monoisotopic (exact) mass is 393 g/mol. The van der Waals surface area contributed by atoms with E-state index in [0.717, 1.165) is 43.7 Å². The van der Waals surface area contributed by atoms with Gasteiger partial charge in [-0.05, 0) is 63.8 Å². The van der Waals surface area contributed by atoms with Crippen molar-refractivity contribution in [2.24, 2.45) is 5.92 Å². The van der Waals surface area contributed by atoms with Crippen LogP contribution < -0.4 is 10.1 Å². The molecule has 0 saturated carbocycles. The molecule has 0 spiro atoms. The van der Waals surface area contributed by atoms with Crippen LogP contribution in [0.5, 0.6) is 11.5 Å². The third-order valence-electron chi connectivity index (χ3n) is 6.12. The number of hydrogen-bond acceptors (Lipinski definition) is 3. The van der Waals surface area contributed by atoms with Crippen LogP contribution in [0.25, 0.3) is 0 Å². The Hall–Kier alpha value is -1.19. The van der Waals surface area contributed by atoms with Gasteiger partial charge in [-0.2, -0.15) is 0 Å². The van der Waals surface area contributed by atoms with Gasteiger partial charge in [0.05, 0.1) is 0 Å². The molecule has 2 atom stereocenters. The van der Waals surface area contributed by atoms with Crippen molar-refractivity contribution in [3.63, 3.8) is 0 Å². The number of aromatic hydroxyl groups is 1. The van der Waals surface area contributed by atoms with Crippen LogP contribution in [0.2, 0.25) is 0 Å². The number of nitrogens with one attached hydrogen (secondary N) is 1. The number of hydrogen-bond donors (Lipinski definition) is 2. The number of ether oxygens (including phenoxy) is 1. The summed E-state index contributed by atoms with van der Waals surface area (Å²) in [5.41, 5.74) is 3.49. The van der Waals surface area contributed by atoms with Crippen LogP contribution in [-0.4, -0.2) is 23.8 Å². The Morgan fingerprint density at radius 1 is 1.22 bits per heavy atom. The summed E-state index contributed by atoms with van der Waals surface area (Å²) >= 11 is 0. The summed E-state index contributed by atoms with van der Waals surface area (Å²) < 4.78 is 6.43. The van der Waals surface area contributed by atoms with Crippen molar-refractivity contribution in [1.29, 1.82) is 0 Å². The number of fused-ring (bicyclic) bond motifs is 3. The van der Waals surface area contributed by atoms with E-state index in [2.05, 4.69) is 45.2 Å². The highest BCUT2D eigenvalue weighted by molar-refractivity contribution is 5.85. The van der Waals surface area contributed by atoms with Crippen molar-refractivity contribution in [2.45, 2.75) is 77.7 Å². The van der Waals surface area contributed by atoms with Crippen molar-refractivity contribution in [3.05, 3.63) is 34.9 Å². The van der Waals surface area contributed by atoms with E-state index in [1.165, 1.54) is 30.4 Å². The van der Waals surface area contributed by atoms with Gasteiger partial charge in [0.15, 0.2) is 0 Å². The van der Waals surface area contributed by atoms with Gasteiger partial charge in [0.25, 0.3) is 0 Å². The van der Waals surface area contributed by atoms with Gasteiger partial charge < -0.3 is 15.2 Å². The molecular formula is C23H36ClNO2. The van der Waals surface area contributed by atoms with Crippen LogP contribution in [0.3, 0.4) is 0 Å². The average molecular weight is 394 g/mol. The van der Waals surface area contributed by atoms with Gasteiger partial charge in [0.1, 0.15) is 17.1 Å². The number of phenols is 1. The van der Waals surface area contributed by atoms with Gasteiger partial charge in [-0.1, -0.05) is 38.3 Å². The molecule has 3 rings (SSSR count). The molecule has 1 aromatic carbocycles. The van der Waals surface area contributed by atoms with Crippen LogP contribution in [0.15, 0.2) is 23.8 Å². The molecule has 2 aliphatic rings. The zero-order valence-corrected chi connectivity index (χ0v) is 18.1. The number of phenolic OH excluding ortho intramolecular Hbond substituents is 1. The van der Waals surface area contributed by atoms with Crippen LogP contribution >= 0.6 is 12.4 Å². The van der Waals surface area contributed by atoms with E-state index in [0.29, 0.717) is 17.6 Å². The predicted molar refractivity (Wildman–Crippen MR) is 115 cm³/mol. The van der Waals surface area contributed by atoms with E-state index < -0.39 is 0 Å². The molecule has 0 radical (unpaired) electrons. The lowest BCUT2D eigenvalue weighted by molar-refractivity contribution is 0.00736. The standard InChI is InChI=1S/C23H35NO2.ClH/c1-5-7-8-9-16-13-20(25)22-18-12-17(15-24-6-2)10-11-19(18)23(3,4)26-21(22)14-16;/h10,13-14,18-19,24-25H,5-9,11-12,15H2,1-4H3;1H/t18?,19-;/m1./s1. The predicted octanol–water partition coefficient (Wildman–Crippen LogP) is 5.75. The van der Waals surface area contributed by atoms with Crippen LogP contribution in [0.1, 0.15) is 76.8 Å². The summed E-state index contributed by atoms with van der Waals surface area (Å²) in [6.07, 6.45) is 9.04. The number of likely N-dealkylation sites (N-methyl/N-ethyl adjacent to an activating group) is 1. The Bertz CT molecular complexity index is 669. The molecule has 4 heteroatoms. The summed E-state index contributed by atoms with van der Waals surface area (Å²) in [5.74, 6) is 2.10. The molecule has 1 unspecified atom stereocenters. The maximum atomic E-state index is 10.9. The molecule has 3 nitrogen and oxygen atoms in total. The zero-order chi connectivity index (χ0) is 18.7. The number of aryl methyl sites for hydroxylation is 1. The van der Waals surface area contributed by atoms with Crippen molar-refractivity contribution in [3.8, 4) is 11.5 Å². The number of benzene rings is 1. The minimum atomic E-state index is -0.202. The van der Waals surface area contributed by atoms with E-state index in [1.54, 1.807) is 0 Å². The number of halogens is 1. The van der Waals surface area contributed by atoms with E-state index in [9.17, 15) is 5.11 Å². The molecule has 1 aliphatic heterocycles. The molecule has 0 bridgehead atoms. The van der Waals surface area contributed by atoms with Gasteiger partial charge in [-0.3, -0.25) is 0 Å². The molecule has 0 fully saturated rings. The van der Waals surface area contributed by atoms with E-state index >= 15 is 0 Å². The van der Waals surface area contributed by atoms with E-state index in [-0.39, 0.29) is 18.0 Å². The highest BCUT2D eigenvalue weighted by Gasteiger charge is 2.45. The lowest BCUT2D eigenvalue weighted by atomic mass is 9.67. The fourth-order valence-corrected chi connectivity index (χ4v) is 4.67. The lowest BCUT2D eigenvalue weighted by Crippen LogP contribution is -2.45. The quantitative estimate of drug-likeness (QED) is 0.458. The fourth-order valence-electron chi connectivity index (χ4n) is 4.67. The van der Waals surface area contributed by atoms with E-state index in [1.807, 2.05) is 6.07 Å². The maximum Gasteiger partial charge on any atom is 0.127 e. The largest absolute Gasteiger partial charge is 0.508 e. The smallest absolute Gasteiger partial charge is 0.127 e. The van der Waals surface area contributed by atoms with Gasteiger partial charge in [0, 0.05) is 23.9 Å². The fraction of sp³-hybridized carbons (Fsp3) is 0.652. The molecule has 0 amide bonds. The average Bonchev–Trinajstić information content (AvgIpc) is 2.59. The Morgan fingerprint density at radius 2 is 2.00 bits per heavy atom. The molecule has 0 saturated heterocycles. The van der Waals surface area contributed by atoms with Crippen molar-refractivity contribution < 1.29 is 9.84 Å². The minimum absolute atomic E-state index is 0. The third kappa shape index (κ3) is 4.81. The lowest BCUT2D eigenvalue weighted by Gasteiger charge is -2.47. The second kappa shape index (κ2) is 9.34. The molecule has 0 aromatic heterocycles. The first-order valence-corrected chi connectivity index (χ1v) is 10.4. The van der Waals surface area contributed by atoms with Gasteiger partial charge in [-0.25, -0.2) is 0 Å². The number of rotatable bonds is 7. The second-order valence-corrected chi connectivity index (χ2v) is 8.48. The highest BCUT2D eigenvalue weighted by atomic mass is 35.5. The summed E-state index contributed by atoms with van der Waals surface area (Å²) in [4.78, 5) is 0. The first-order chi connectivity index (χ1) is 12.5. The van der Waals surface area contributed by atoms with E-state index in [4.69, 9.17) is 4.74 Å². The normalized spacial score (nSPS) is 22.7. The molecule has 1 aliphatic carbocycles. The van der Waals surface area contributed by atoms with Crippen molar-refractivity contribution in [1.82, 2.24) is 5.32 Å². The summed E-state index contributed by atoms with van der Waals surface area (Å²) in [5, 5.41) is 14.3. The number of unbranched alkanes of at least 4 members (excludes halogenated alkanes) is 2. The summed E-state index contributed by atoms with van der Waals surface area (Å²) in [6.45, 7) is 10.7. The minimum Gasteiger partial charge on any atom is -0.508 e. The Labute approximate surface area is 171 Å². The summed E-state index contributed by atoms with van der Waals surface area (Å²) in [6, 6.07) is 4.17. The SMILES string of the molecule is CCCCCc1cc(O)c2c(c1)OC(C)(C)[C@@H]1CC=C(CNCC)CC21.Cl. The molecule has 1 heterocycles.